The van der Waals surface area contributed by atoms with Gasteiger partial charge in [-0.2, -0.15) is 0 Å². The molecule has 0 unspecified atom stereocenters. The predicted molar refractivity (Wildman–Crippen MR) is 82.3 cm³/mol. The first-order chi connectivity index (χ1) is 8.97. The molecule has 0 aliphatic rings. The fourth-order valence-electron chi connectivity index (χ4n) is 1.53. The standard InChI is InChI=1S/C13H10Br2N2O2/c14-7-1-3-9(10(15)5-7)13(19)17-12-4-2-8(18)6-11(12)16/h1-6,18H,16H2,(H,17,19). The van der Waals surface area contributed by atoms with E-state index in [4.69, 9.17) is 5.73 Å². The quantitative estimate of drug-likeness (QED) is 0.544. The molecule has 2 aromatic carbocycles. The van der Waals surface area contributed by atoms with Gasteiger partial charge in [-0.25, -0.2) is 0 Å². The average Bonchev–Trinajstić information content (AvgIpc) is 2.32. The number of carbonyl (C=O) groups is 1. The number of anilines is 2. The third-order valence-electron chi connectivity index (χ3n) is 2.46. The highest BCUT2D eigenvalue weighted by Gasteiger charge is 2.12. The van der Waals surface area contributed by atoms with E-state index in [1.807, 2.05) is 0 Å². The third-order valence-corrected chi connectivity index (χ3v) is 3.61. The van der Waals surface area contributed by atoms with E-state index in [1.54, 1.807) is 24.3 Å². The minimum absolute atomic E-state index is 0.0559. The van der Waals surface area contributed by atoms with E-state index in [0.29, 0.717) is 21.4 Å². The van der Waals surface area contributed by atoms with E-state index in [0.717, 1.165) is 4.47 Å². The Kier molecular flexibility index (Phi) is 4.11. The van der Waals surface area contributed by atoms with Gasteiger partial charge in [-0.15, -0.1) is 0 Å². The van der Waals surface area contributed by atoms with E-state index >= 15 is 0 Å². The molecule has 6 heteroatoms. The summed E-state index contributed by atoms with van der Waals surface area (Å²) in [4.78, 5) is 12.1. The summed E-state index contributed by atoms with van der Waals surface area (Å²) < 4.78 is 1.55. The van der Waals surface area contributed by atoms with Crippen LogP contribution in [0.4, 0.5) is 11.4 Å². The summed E-state index contributed by atoms with van der Waals surface area (Å²) in [6, 6.07) is 9.65. The lowest BCUT2D eigenvalue weighted by atomic mass is 10.2. The van der Waals surface area contributed by atoms with E-state index in [2.05, 4.69) is 37.2 Å². The van der Waals surface area contributed by atoms with E-state index in [9.17, 15) is 9.90 Å². The number of carbonyl (C=O) groups excluding carboxylic acids is 1. The van der Waals surface area contributed by atoms with Crippen LogP contribution in [-0.4, -0.2) is 11.0 Å². The Balaban J connectivity index is 2.25. The van der Waals surface area contributed by atoms with Crippen molar-refractivity contribution in [1.29, 1.82) is 0 Å². The Morgan fingerprint density at radius 1 is 1.16 bits per heavy atom. The van der Waals surface area contributed by atoms with Crippen LogP contribution in [0.1, 0.15) is 10.4 Å². The van der Waals surface area contributed by atoms with Gasteiger partial charge in [0, 0.05) is 15.0 Å². The predicted octanol–water partition coefficient (Wildman–Crippen LogP) is 3.75. The second-order valence-electron chi connectivity index (χ2n) is 3.85. The van der Waals surface area contributed by atoms with Crippen LogP contribution >= 0.6 is 31.9 Å². The maximum atomic E-state index is 12.1. The largest absolute Gasteiger partial charge is 0.508 e. The van der Waals surface area contributed by atoms with E-state index in [-0.39, 0.29) is 11.7 Å². The number of nitrogens with two attached hydrogens (primary N) is 1. The van der Waals surface area contributed by atoms with Crippen molar-refractivity contribution in [3.63, 3.8) is 0 Å². The van der Waals surface area contributed by atoms with Gasteiger partial charge >= 0.3 is 0 Å². The number of halogens is 2. The molecule has 0 aliphatic heterocycles. The maximum Gasteiger partial charge on any atom is 0.256 e. The monoisotopic (exact) mass is 384 g/mol. The number of hydrogen-bond acceptors (Lipinski definition) is 3. The van der Waals surface area contributed by atoms with Gasteiger partial charge in [0.1, 0.15) is 5.75 Å². The second-order valence-corrected chi connectivity index (χ2v) is 5.62. The maximum absolute atomic E-state index is 12.1. The Morgan fingerprint density at radius 3 is 2.53 bits per heavy atom. The first-order valence-corrected chi connectivity index (χ1v) is 6.91. The van der Waals surface area contributed by atoms with Crippen molar-refractivity contribution in [2.75, 3.05) is 11.1 Å². The minimum Gasteiger partial charge on any atom is -0.508 e. The number of rotatable bonds is 2. The first-order valence-electron chi connectivity index (χ1n) is 5.32. The molecule has 0 heterocycles. The van der Waals surface area contributed by atoms with Crippen LogP contribution in [0.15, 0.2) is 45.3 Å². The van der Waals surface area contributed by atoms with Crippen molar-refractivity contribution >= 4 is 49.1 Å². The molecule has 4 nitrogen and oxygen atoms in total. The highest BCUT2D eigenvalue weighted by atomic mass is 79.9. The lowest BCUT2D eigenvalue weighted by molar-refractivity contribution is 0.102. The zero-order valence-electron chi connectivity index (χ0n) is 9.65. The van der Waals surface area contributed by atoms with Crippen LogP contribution in [0.3, 0.4) is 0 Å². The molecule has 0 saturated heterocycles. The molecule has 1 amide bonds. The average molecular weight is 386 g/mol. The molecule has 0 aromatic heterocycles. The fraction of sp³-hybridized carbons (Fsp3) is 0. The Hall–Kier alpha value is -1.53. The number of aromatic hydroxyl groups is 1. The number of phenolic OH excluding ortho intramolecular Hbond substituents is 1. The SMILES string of the molecule is Nc1cc(O)ccc1NC(=O)c1ccc(Br)cc1Br. The van der Waals surface area contributed by atoms with Crippen LogP contribution in [0, 0.1) is 0 Å². The van der Waals surface area contributed by atoms with Crippen molar-refractivity contribution in [1.82, 2.24) is 0 Å². The molecule has 2 aromatic rings. The molecule has 98 valence electrons. The molecule has 0 spiro atoms. The molecular formula is C13H10Br2N2O2. The molecule has 0 bridgehead atoms. The molecule has 0 aliphatic carbocycles. The highest BCUT2D eigenvalue weighted by Crippen LogP contribution is 2.26. The topological polar surface area (TPSA) is 75.3 Å². The van der Waals surface area contributed by atoms with Crippen molar-refractivity contribution in [2.24, 2.45) is 0 Å². The number of hydrogen-bond donors (Lipinski definition) is 3. The lowest BCUT2D eigenvalue weighted by Gasteiger charge is -2.09. The van der Waals surface area contributed by atoms with E-state index in [1.165, 1.54) is 12.1 Å². The van der Waals surface area contributed by atoms with Crippen molar-refractivity contribution in [3.8, 4) is 5.75 Å². The summed E-state index contributed by atoms with van der Waals surface area (Å²) in [6.45, 7) is 0. The zero-order chi connectivity index (χ0) is 14.0. The lowest BCUT2D eigenvalue weighted by Crippen LogP contribution is -2.13. The van der Waals surface area contributed by atoms with Crippen LogP contribution in [-0.2, 0) is 0 Å². The normalized spacial score (nSPS) is 10.2. The fourth-order valence-corrected chi connectivity index (χ4v) is 2.75. The van der Waals surface area contributed by atoms with Gasteiger partial charge in [-0.05, 0) is 46.3 Å². The van der Waals surface area contributed by atoms with Crippen molar-refractivity contribution in [2.45, 2.75) is 0 Å². The molecule has 0 atom stereocenters. The number of benzene rings is 2. The van der Waals surface area contributed by atoms with Crippen molar-refractivity contribution < 1.29 is 9.90 Å². The smallest absolute Gasteiger partial charge is 0.256 e. The Bertz CT molecular complexity index is 645. The Labute approximate surface area is 126 Å². The number of nitrogens with one attached hydrogen (secondary N) is 1. The summed E-state index contributed by atoms with van der Waals surface area (Å²) >= 11 is 6.65. The molecule has 2 rings (SSSR count). The van der Waals surface area contributed by atoms with Gasteiger partial charge in [-0.1, -0.05) is 15.9 Å². The van der Waals surface area contributed by atoms with Crippen LogP contribution in [0.5, 0.6) is 5.75 Å². The summed E-state index contributed by atoms with van der Waals surface area (Å²) in [6.07, 6.45) is 0. The van der Waals surface area contributed by atoms with Gasteiger partial charge in [0.15, 0.2) is 0 Å². The van der Waals surface area contributed by atoms with Crippen LogP contribution < -0.4 is 11.1 Å². The molecule has 0 fully saturated rings. The Morgan fingerprint density at radius 2 is 1.89 bits per heavy atom. The third kappa shape index (κ3) is 3.27. The number of amides is 1. The van der Waals surface area contributed by atoms with Gasteiger partial charge in [0.05, 0.1) is 16.9 Å². The number of nitrogen functional groups attached to an aromatic ring is 1. The summed E-state index contributed by atoms with van der Waals surface area (Å²) in [7, 11) is 0. The minimum atomic E-state index is -0.281. The van der Waals surface area contributed by atoms with Gasteiger partial charge in [-0.3, -0.25) is 4.79 Å². The van der Waals surface area contributed by atoms with Crippen LogP contribution in [0.2, 0.25) is 0 Å². The number of phenols is 1. The summed E-state index contributed by atoms with van der Waals surface area (Å²) in [5.41, 5.74) is 6.98. The van der Waals surface area contributed by atoms with Crippen molar-refractivity contribution in [3.05, 3.63) is 50.9 Å². The zero-order valence-corrected chi connectivity index (χ0v) is 12.8. The molecule has 4 N–H and O–H groups in total. The van der Waals surface area contributed by atoms with Crippen LogP contribution in [0.25, 0.3) is 0 Å². The highest BCUT2D eigenvalue weighted by molar-refractivity contribution is 9.11. The van der Waals surface area contributed by atoms with Gasteiger partial charge in [0.25, 0.3) is 5.91 Å². The second kappa shape index (κ2) is 5.63. The van der Waals surface area contributed by atoms with Gasteiger partial charge < -0.3 is 16.2 Å². The molecule has 0 radical (unpaired) electrons. The molecular weight excluding hydrogens is 376 g/mol. The van der Waals surface area contributed by atoms with Gasteiger partial charge in [0.2, 0.25) is 0 Å². The molecule has 19 heavy (non-hydrogen) atoms. The molecule has 0 saturated carbocycles. The summed E-state index contributed by atoms with van der Waals surface area (Å²) in [5, 5.41) is 12.0. The summed E-state index contributed by atoms with van der Waals surface area (Å²) in [5.74, 6) is -0.225. The first kappa shape index (κ1) is 13.9. The van der Waals surface area contributed by atoms with E-state index < -0.39 is 0 Å².